The van der Waals surface area contributed by atoms with E-state index in [-0.39, 0.29) is 30.0 Å². The number of likely N-dealkylation sites (N-methyl/N-ethyl adjacent to an activating group) is 1. The van der Waals surface area contributed by atoms with Crippen LogP contribution in [0.2, 0.25) is 0 Å². The molecular weight excluding hydrogens is 338 g/mol. The summed E-state index contributed by atoms with van der Waals surface area (Å²) in [4.78, 5) is 16.5. The molecular formula is C18H29N3O3S. The van der Waals surface area contributed by atoms with Crippen molar-refractivity contribution in [2.24, 2.45) is 5.73 Å². The average molecular weight is 368 g/mol. The Labute approximate surface area is 150 Å². The van der Waals surface area contributed by atoms with E-state index in [1.54, 1.807) is 4.90 Å². The van der Waals surface area contributed by atoms with Gasteiger partial charge in [-0.25, -0.2) is 8.42 Å². The number of benzene rings is 1. The second kappa shape index (κ2) is 9.31. The van der Waals surface area contributed by atoms with Crippen LogP contribution in [0, 0.1) is 0 Å². The lowest BCUT2D eigenvalue weighted by molar-refractivity contribution is -0.134. The summed E-state index contributed by atoms with van der Waals surface area (Å²) in [6, 6.07) is 9.96. The zero-order valence-corrected chi connectivity index (χ0v) is 15.7. The molecule has 0 radical (unpaired) electrons. The van der Waals surface area contributed by atoms with Gasteiger partial charge in [0.15, 0.2) is 9.84 Å². The Morgan fingerprint density at radius 1 is 1.24 bits per heavy atom. The van der Waals surface area contributed by atoms with E-state index in [0.717, 1.165) is 13.0 Å². The zero-order chi connectivity index (χ0) is 18.3. The largest absolute Gasteiger partial charge is 0.338 e. The molecule has 2 N–H and O–H groups in total. The summed E-state index contributed by atoms with van der Waals surface area (Å²) in [5.41, 5.74) is 6.92. The van der Waals surface area contributed by atoms with Crippen molar-refractivity contribution in [3.8, 4) is 0 Å². The molecule has 25 heavy (non-hydrogen) atoms. The van der Waals surface area contributed by atoms with Gasteiger partial charge in [-0.2, -0.15) is 0 Å². The molecule has 0 aliphatic carbocycles. The molecule has 1 unspecified atom stereocenters. The third-order valence-corrected chi connectivity index (χ3v) is 6.42. The summed E-state index contributed by atoms with van der Waals surface area (Å²) in [7, 11) is -3.00. The van der Waals surface area contributed by atoms with E-state index < -0.39 is 9.84 Å². The van der Waals surface area contributed by atoms with Crippen LogP contribution >= 0.6 is 0 Å². The molecule has 1 heterocycles. The lowest BCUT2D eigenvalue weighted by Crippen LogP contribution is -2.47. The Bertz CT molecular complexity index is 649. The van der Waals surface area contributed by atoms with Gasteiger partial charge >= 0.3 is 0 Å². The van der Waals surface area contributed by atoms with Crippen molar-refractivity contribution in [2.75, 3.05) is 44.2 Å². The molecule has 6 nitrogen and oxygen atoms in total. The third kappa shape index (κ3) is 6.09. The topological polar surface area (TPSA) is 83.7 Å². The first-order valence-electron chi connectivity index (χ1n) is 8.91. The Morgan fingerprint density at radius 2 is 1.96 bits per heavy atom. The summed E-state index contributed by atoms with van der Waals surface area (Å²) >= 11 is 0. The van der Waals surface area contributed by atoms with Crippen LogP contribution in [-0.4, -0.2) is 74.4 Å². The monoisotopic (exact) mass is 367 g/mol. The maximum absolute atomic E-state index is 12.7. The van der Waals surface area contributed by atoms with E-state index in [2.05, 4.69) is 17.0 Å². The van der Waals surface area contributed by atoms with Gasteiger partial charge in [-0.05, 0) is 25.3 Å². The predicted octanol–water partition coefficient (Wildman–Crippen LogP) is 0.525. The number of carbonyl (C=O) groups excluding carboxylic acids is 1. The Morgan fingerprint density at radius 3 is 2.52 bits per heavy atom. The maximum Gasteiger partial charge on any atom is 0.237 e. The van der Waals surface area contributed by atoms with Gasteiger partial charge in [0.1, 0.15) is 0 Å². The summed E-state index contributed by atoms with van der Waals surface area (Å²) in [5.74, 6) is 0.265. The molecule has 1 aromatic carbocycles. The SMILES string of the molecule is CCN(C(=O)CN(CCN)CCc1ccccc1)C1CCS(=O)(=O)C1. The molecule has 1 amide bonds. The summed E-state index contributed by atoms with van der Waals surface area (Å²) in [6.45, 7) is 4.63. The molecule has 1 atom stereocenters. The van der Waals surface area contributed by atoms with Gasteiger partial charge in [0.25, 0.3) is 0 Å². The minimum Gasteiger partial charge on any atom is -0.338 e. The summed E-state index contributed by atoms with van der Waals surface area (Å²) in [6.07, 6.45) is 1.40. The van der Waals surface area contributed by atoms with E-state index in [4.69, 9.17) is 5.73 Å². The van der Waals surface area contributed by atoms with Crippen LogP contribution < -0.4 is 5.73 Å². The van der Waals surface area contributed by atoms with Gasteiger partial charge in [-0.3, -0.25) is 9.69 Å². The molecule has 0 spiro atoms. The second-order valence-electron chi connectivity index (χ2n) is 6.54. The zero-order valence-electron chi connectivity index (χ0n) is 14.9. The fourth-order valence-electron chi connectivity index (χ4n) is 3.33. The molecule has 1 saturated heterocycles. The number of rotatable bonds is 9. The van der Waals surface area contributed by atoms with Crippen molar-refractivity contribution in [3.05, 3.63) is 35.9 Å². The van der Waals surface area contributed by atoms with Crippen molar-refractivity contribution in [1.29, 1.82) is 0 Å². The number of amides is 1. The van der Waals surface area contributed by atoms with Crippen LogP contribution in [0.25, 0.3) is 0 Å². The molecule has 0 bridgehead atoms. The molecule has 0 saturated carbocycles. The fourth-order valence-corrected chi connectivity index (χ4v) is 5.06. The second-order valence-corrected chi connectivity index (χ2v) is 8.77. The van der Waals surface area contributed by atoms with Crippen LogP contribution in [0.15, 0.2) is 30.3 Å². The summed E-state index contributed by atoms with van der Waals surface area (Å²) in [5, 5.41) is 0. The normalized spacial score (nSPS) is 19.2. The lowest BCUT2D eigenvalue weighted by Gasteiger charge is -2.30. The minimum atomic E-state index is -3.00. The van der Waals surface area contributed by atoms with Gasteiger partial charge in [0, 0.05) is 32.2 Å². The standard InChI is InChI=1S/C18H29N3O3S/c1-2-21(17-9-13-25(23,24)15-17)18(22)14-20(12-10-19)11-8-16-6-4-3-5-7-16/h3-7,17H,2,8-15,19H2,1H3. The molecule has 7 heteroatoms. The van der Waals surface area contributed by atoms with Gasteiger partial charge in [-0.15, -0.1) is 0 Å². The number of hydrogen-bond donors (Lipinski definition) is 1. The molecule has 1 aliphatic rings. The van der Waals surface area contributed by atoms with E-state index in [1.165, 1.54) is 5.56 Å². The molecule has 140 valence electrons. The highest BCUT2D eigenvalue weighted by Crippen LogP contribution is 2.18. The number of sulfone groups is 1. The molecule has 1 aliphatic heterocycles. The highest BCUT2D eigenvalue weighted by atomic mass is 32.2. The fraction of sp³-hybridized carbons (Fsp3) is 0.611. The quantitative estimate of drug-likeness (QED) is 0.688. The number of nitrogens with zero attached hydrogens (tertiary/aromatic N) is 2. The third-order valence-electron chi connectivity index (χ3n) is 4.67. The van der Waals surface area contributed by atoms with Gasteiger partial charge < -0.3 is 10.6 Å². The first-order valence-corrected chi connectivity index (χ1v) is 10.7. The van der Waals surface area contributed by atoms with Crippen molar-refractivity contribution >= 4 is 15.7 Å². The Kier molecular flexibility index (Phi) is 7.40. The first-order chi connectivity index (χ1) is 11.9. The van der Waals surface area contributed by atoms with Gasteiger partial charge in [-0.1, -0.05) is 30.3 Å². The van der Waals surface area contributed by atoms with Crippen LogP contribution in [0.3, 0.4) is 0 Å². The van der Waals surface area contributed by atoms with Crippen molar-refractivity contribution in [1.82, 2.24) is 9.80 Å². The predicted molar refractivity (Wildman–Crippen MR) is 100 cm³/mol. The minimum absolute atomic E-state index is 0.00823. The van der Waals surface area contributed by atoms with Crippen molar-refractivity contribution < 1.29 is 13.2 Å². The molecule has 2 rings (SSSR count). The number of nitrogens with two attached hydrogens (primary N) is 1. The lowest BCUT2D eigenvalue weighted by atomic mass is 10.1. The van der Waals surface area contributed by atoms with Crippen molar-refractivity contribution in [3.63, 3.8) is 0 Å². The Hall–Kier alpha value is -1.44. The van der Waals surface area contributed by atoms with Crippen LogP contribution in [0.1, 0.15) is 18.9 Å². The highest BCUT2D eigenvalue weighted by molar-refractivity contribution is 7.91. The van der Waals surface area contributed by atoms with Gasteiger partial charge in [0.2, 0.25) is 5.91 Å². The number of carbonyl (C=O) groups is 1. The molecule has 1 fully saturated rings. The van der Waals surface area contributed by atoms with Crippen LogP contribution in [0.5, 0.6) is 0 Å². The van der Waals surface area contributed by atoms with E-state index in [9.17, 15) is 13.2 Å². The van der Waals surface area contributed by atoms with Crippen LogP contribution in [0.4, 0.5) is 0 Å². The van der Waals surface area contributed by atoms with Crippen molar-refractivity contribution in [2.45, 2.75) is 25.8 Å². The highest BCUT2D eigenvalue weighted by Gasteiger charge is 2.34. The van der Waals surface area contributed by atoms with E-state index in [1.807, 2.05) is 25.1 Å². The average Bonchev–Trinajstić information content (AvgIpc) is 2.94. The molecule has 1 aromatic rings. The Balaban J connectivity index is 1.93. The van der Waals surface area contributed by atoms with E-state index in [0.29, 0.717) is 26.1 Å². The summed E-state index contributed by atoms with van der Waals surface area (Å²) < 4.78 is 23.4. The molecule has 0 aromatic heterocycles. The van der Waals surface area contributed by atoms with E-state index >= 15 is 0 Å². The van der Waals surface area contributed by atoms with Crippen LogP contribution in [-0.2, 0) is 21.1 Å². The first kappa shape index (κ1) is 19.9. The van der Waals surface area contributed by atoms with Gasteiger partial charge in [0.05, 0.1) is 18.1 Å². The number of hydrogen-bond acceptors (Lipinski definition) is 5. The smallest absolute Gasteiger partial charge is 0.237 e. The maximum atomic E-state index is 12.7.